The van der Waals surface area contributed by atoms with Gasteiger partial charge in [0.25, 0.3) is 0 Å². The van der Waals surface area contributed by atoms with Crippen LogP contribution < -0.4 is 14.8 Å². The molecular formula is C20H21ClN4O2. The Hall–Kier alpha value is -2.73. The first-order chi connectivity index (χ1) is 13.2. The van der Waals surface area contributed by atoms with E-state index in [-0.39, 0.29) is 12.1 Å². The van der Waals surface area contributed by atoms with Crippen LogP contribution >= 0.6 is 11.6 Å². The van der Waals surface area contributed by atoms with Gasteiger partial charge in [-0.1, -0.05) is 29.8 Å². The van der Waals surface area contributed by atoms with Crippen molar-refractivity contribution in [2.75, 3.05) is 19.0 Å². The molecule has 1 N–H and O–H groups in total. The summed E-state index contributed by atoms with van der Waals surface area (Å²) in [6, 6.07) is 14.1. The van der Waals surface area contributed by atoms with Gasteiger partial charge in [0.1, 0.15) is 6.33 Å². The summed E-state index contributed by atoms with van der Waals surface area (Å²) in [6.45, 7) is 2.55. The summed E-state index contributed by atoms with van der Waals surface area (Å²) < 4.78 is 13.1. The number of anilines is 1. The number of nitrogens with zero attached hydrogens (tertiary/aromatic N) is 3. The van der Waals surface area contributed by atoms with E-state index in [2.05, 4.69) is 21.5 Å². The van der Waals surface area contributed by atoms with Crippen LogP contribution in [0, 0.1) is 0 Å². The SMILES string of the molecule is CCOc1ccc(C2CC(c3ccc(Cl)cc3)Nc3ncnn32)cc1OC. The van der Waals surface area contributed by atoms with Crippen molar-refractivity contribution in [2.45, 2.75) is 25.4 Å². The normalized spacial score (nSPS) is 18.5. The number of nitrogens with one attached hydrogen (secondary N) is 1. The Labute approximate surface area is 163 Å². The van der Waals surface area contributed by atoms with E-state index in [0.29, 0.717) is 6.61 Å². The molecule has 1 aliphatic heterocycles. The highest BCUT2D eigenvalue weighted by atomic mass is 35.5. The Bertz CT molecular complexity index is 926. The Kier molecular flexibility index (Phi) is 4.90. The summed E-state index contributed by atoms with van der Waals surface area (Å²) in [7, 11) is 1.65. The molecule has 2 heterocycles. The molecule has 3 aromatic rings. The lowest BCUT2D eigenvalue weighted by molar-refractivity contribution is 0.310. The van der Waals surface area contributed by atoms with E-state index in [1.165, 1.54) is 0 Å². The van der Waals surface area contributed by atoms with Gasteiger partial charge in [-0.25, -0.2) is 4.68 Å². The molecule has 0 saturated carbocycles. The molecule has 140 valence electrons. The Morgan fingerprint density at radius 3 is 2.67 bits per heavy atom. The van der Waals surface area contributed by atoms with Crippen molar-refractivity contribution in [3.05, 3.63) is 64.9 Å². The molecule has 6 nitrogen and oxygen atoms in total. The number of fused-ring (bicyclic) bond motifs is 1. The van der Waals surface area contributed by atoms with Crippen LogP contribution in [0.3, 0.4) is 0 Å². The zero-order valence-corrected chi connectivity index (χ0v) is 16.0. The van der Waals surface area contributed by atoms with Gasteiger partial charge < -0.3 is 14.8 Å². The lowest BCUT2D eigenvalue weighted by atomic mass is 9.93. The highest BCUT2D eigenvalue weighted by Gasteiger charge is 2.30. The van der Waals surface area contributed by atoms with Crippen LogP contribution in [0.4, 0.5) is 5.95 Å². The largest absolute Gasteiger partial charge is 0.493 e. The van der Waals surface area contributed by atoms with Crippen LogP contribution in [-0.4, -0.2) is 28.5 Å². The van der Waals surface area contributed by atoms with Gasteiger partial charge in [-0.2, -0.15) is 10.1 Å². The third-order valence-electron chi connectivity index (χ3n) is 4.78. The number of ether oxygens (including phenoxy) is 2. The summed E-state index contributed by atoms with van der Waals surface area (Å²) in [6.07, 6.45) is 2.40. The van der Waals surface area contributed by atoms with E-state index < -0.39 is 0 Å². The number of aromatic nitrogens is 3. The van der Waals surface area contributed by atoms with Gasteiger partial charge in [0.05, 0.1) is 25.8 Å². The van der Waals surface area contributed by atoms with Gasteiger partial charge in [-0.05, 0) is 48.7 Å². The first kappa shape index (κ1) is 17.7. The van der Waals surface area contributed by atoms with E-state index in [1.807, 2.05) is 48.0 Å². The minimum Gasteiger partial charge on any atom is -0.493 e. The van der Waals surface area contributed by atoms with Gasteiger partial charge in [-0.3, -0.25) is 0 Å². The maximum absolute atomic E-state index is 6.04. The van der Waals surface area contributed by atoms with Crippen LogP contribution in [0.5, 0.6) is 11.5 Å². The van der Waals surface area contributed by atoms with Crippen molar-refractivity contribution in [3.63, 3.8) is 0 Å². The molecule has 0 bridgehead atoms. The Morgan fingerprint density at radius 1 is 1.15 bits per heavy atom. The van der Waals surface area contributed by atoms with E-state index in [9.17, 15) is 0 Å². The molecule has 0 fully saturated rings. The molecule has 0 radical (unpaired) electrons. The van der Waals surface area contributed by atoms with E-state index >= 15 is 0 Å². The van der Waals surface area contributed by atoms with Crippen LogP contribution in [0.25, 0.3) is 0 Å². The number of hydrogen-bond donors (Lipinski definition) is 1. The molecule has 0 spiro atoms. The number of hydrogen-bond acceptors (Lipinski definition) is 5. The fourth-order valence-electron chi connectivity index (χ4n) is 3.48. The summed E-state index contributed by atoms with van der Waals surface area (Å²) in [5.74, 6) is 2.21. The fraction of sp³-hybridized carbons (Fsp3) is 0.300. The maximum atomic E-state index is 6.04. The van der Waals surface area contributed by atoms with Crippen molar-refractivity contribution < 1.29 is 9.47 Å². The highest BCUT2D eigenvalue weighted by molar-refractivity contribution is 6.30. The van der Waals surface area contributed by atoms with E-state index in [4.69, 9.17) is 21.1 Å². The third-order valence-corrected chi connectivity index (χ3v) is 5.03. The summed E-state index contributed by atoms with van der Waals surface area (Å²) >= 11 is 6.04. The van der Waals surface area contributed by atoms with Gasteiger partial charge in [0.2, 0.25) is 5.95 Å². The van der Waals surface area contributed by atoms with E-state index in [1.54, 1.807) is 13.4 Å². The summed E-state index contributed by atoms with van der Waals surface area (Å²) in [4.78, 5) is 4.37. The number of benzene rings is 2. The standard InChI is InChI=1S/C20H21ClN4O2/c1-3-27-18-9-6-14(10-19(18)26-2)17-11-16(13-4-7-15(21)8-5-13)24-20-22-12-23-25(17)20/h4-10,12,16-17H,3,11H2,1-2H3,(H,22,23,24). The maximum Gasteiger partial charge on any atom is 0.222 e. The first-order valence-electron chi connectivity index (χ1n) is 8.91. The summed E-state index contributed by atoms with van der Waals surface area (Å²) in [5, 5.41) is 8.61. The molecule has 0 aliphatic carbocycles. The molecule has 0 saturated heterocycles. The smallest absolute Gasteiger partial charge is 0.222 e. The van der Waals surface area contributed by atoms with Crippen LogP contribution in [0.15, 0.2) is 48.8 Å². The zero-order valence-electron chi connectivity index (χ0n) is 15.2. The van der Waals surface area contributed by atoms with Crippen LogP contribution in [-0.2, 0) is 0 Å². The lowest BCUT2D eigenvalue weighted by Crippen LogP contribution is -2.28. The van der Waals surface area contributed by atoms with Crippen molar-refractivity contribution >= 4 is 17.5 Å². The van der Waals surface area contributed by atoms with Gasteiger partial charge in [0.15, 0.2) is 11.5 Å². The quantitative estimate of drug-likeness (QED) is 0.702. The molecule has 4 rings (SSSR count). The molecule has 2 atom stereocenters. The van der Waals surface area contributed by atoms with Crippen molar-refractivity contribution in [3.8, 4) is 11.5 Å². The predicted molar refractivity (Wildman–Crippen MR) is 105 cm³/mol. The average molecular weight is 385 g/mol. The average Bonchev–Trinajstić information content (AvgIpc) is 3.17. The van der Waals surface area contributed by atoms with Crippen LogP contribution in [0.2, 0.25) is 5.02 Å². The predicted octanol–water partition coefficient (Wildman–Crippen LogP) is 4.49. The number of halogens is 1. The second-order valence-corrected chi connectivity index (χ2v) is 6.81. The second-order valence-electron chi connectivity index (χ2n) is 6.37. The van der Waals surface area contributed by atoms with Crippen molar-refractivity contribution in [1.82, 2.24) is 14.8 Å². The topological polar surface area (TPSA) is 61.2 Å². The van der Waals surface area contributed by atoms with Crippen molar-refractivity contribution in [1.29, 1.82) is 0 Å². The molecule has 27 heavy (non-hydrogen) atoms. The second kappa shape index (κ2) is 7.48. The highest BCUT2D eigenvalue weighted by Crippen LogP contribution is 2.40. The lowest BCUT2D eigenvalue weighted by Gasteiger charge is -2.32. The van der Waals surface area contributed by atoms with Gasteiger partial charge in [-0.15, -0.1) is 0 Å². The Balaban J connectivity index is 1.70. The summed E-state index contributed by atoms with van der Waals surface area (Å²) in [5.41, 5.74) is 2.26. The zero-order chi connectivity index (χ0) is 18.8. The molecular weight excluding hydrogens is 364 g/mol. The molecule has 0 amide bonds. The van der Waals surface area contributed by atoms with E-state index in [0.717, 1.165) is 40.0 Å². The first-order valence-corrected chi connectivity index (χ1v) is 9.29. The van der Waals surface area contributed by atoms with Crippen molar-refractivity contribution in [2.24, 2.45) is 0 Å². The fourth-order valence-corrected chi connectivity index (χ4v) is 3.60. The molecule has 2 unspecified atom stereocenters. The number of methoxy groups -OCH3 is 1. The van der Waals surface area contributed by atoms with Gasteiger partial charge in [0, 0.05) is 5.02 Å². The third kappa shape index (κ3) is 3.45. The minimum absolute atomic E-state index is 0.0361. The van der Waals surface area contributed by atoms with Gasteiger partial charge >= 0.3 is 0 Å². The molecule has 1 aliphatic rings. The monoisotopic (exact) mass is 384 g/mol. The number of rotatable bonds is 5. The van der Waals surface area contributed by atoms with Crippen LogP contribution in [0.1, 0.15) is 36.6 Å². The molecule has 7 heteroatoms. The Morgan fingerprint density at radius 2 is 1.93 bits per heavy atom. The molecule has 2 aromatic carbocycles. The molecule has 1 aromatic heterocycles. The minimum atomic E-state index is 0.0361.